The molecule has 1 saturated carbocycles. The molecular formula is C13H27NO. The molecule has 2 nitrogen and oxygen atoms in total. The van der Waals surface area contributed by atoms with Crippen molar-refractivity contribution in [3.8, 4) is 0 Å². The molecule has 1 N–H and O–H groups in total. The molecule has 15 heavy (non-hydrogen) atoms. The Morgan fingerprint density at radius 3 is 2.67 bits per heavy atom. The van der Waals surface area contributed by atoms with Crippen molar-refractivity contribution < 1.29 is 4.74 Å². The summed E-state index contributed by atoms with van der Waals surface area (Å²) in [6, 6.07) is 0.586. The van der Waals surface area contributed by atoms with E-state index in [0.717, 1.165) is 31.6 Å². The smallest absolute Gasteiger partial charge is 0.0622 e. The van der Waals surface area contributed by atoms with Gasteiger partial charge < -0.3 is 10.1 Å². The van der Waals surface area contributed by atoms with Gasteiger partial charge in [0.25, 0.3) is 0 Å². The fraction of sp³-hybridized carbons (Fsp3) is 1.00. The molecule has 1 aliphatic carbocycles. The van der Waals surface area contributed by atoms with E-state index in [-0.39, 0.29) is 0 Å². The molecule has 3 unspecified atom stereocenters. The van der Waals surface area contributed by atoms with Crippen LogP contribution in [0.25, 0.3) is 0 Å². The average Bonchev–Trinajstić information content (AvgIpc) is 2.65. The Morgan fingerprint density at radius 2 is 2.13 bits per heavy atom. The second kappa shape index (κ2) is 7.24. The minimum Gasteiger partial charge on any atom is -0.380 e. The van der Waals surface area contributed by atoms with Gasteiger partial charge in [0.15, 0.2) is 0 Å². The van der Waals surface area contributed by atoms with Gasteiger partial charge in [-0.3, -0.25) is 0 Å². The van der Waals surface area contributed by atoms with Crippen molar-refractivity contribution in [1.29, 1.82) is 0 Å². The molecule has 2 heteroatoms. The summed E-state index contributed by atoms with van der Waals surface area (Å²) in [6.45, 7) is 9.56. The topological polar surface area (TPSA) is 21.3 Å². The van der Waals surface area contributed by atoms with E-state index < -0.39 is 0 Å². The first-order valence-electron chi connectivity index (χ1n) is 6.60. The van der Waals surface area contributed by atoms with Crippen LogP contribution in [0.1, 0.15) is 46.5 Å². The SMILES string of the molecule is CCCNC(COCC)C1CCCC1C. The van der Waals surface area contributed by atoms with Crippen molar-refractivity contribution in [2.45, 2.75) is 52.5 Å². The fourth-order valence-corrected chi connectivity index (χ4v) is 2.68. The van der Waals surface area contributed by atoms with Gasteiger partial charge in [-0.2, -0.15) is 0 Å². The van der Waals surface area contributed by atoms with Crippen LogP contribution < -0.4 is 5.32 Å². The van der Waals surface area contributed by atoms with Crippen molar-refractivity contribution in [3.63, 3.8) is 0 Å². The number of hydrogen-bond acceptors (Lipinski definition) is 2. The molecule has 0 aromatic rings. The van der Waals surface area contributed by atoms with Crippen LogP contribution in [0.2, 0.25) is 0 Å². The predicted octanol–water partition coefficient (Wildman–Crippen LogP) is 2.83. The summed E-state index contributed by atoms with van der Waals surface area (Å²) in [7, 11) is 0. The zero-order valence-electron chi connectivity index (χ0n) is 10.6. The van der Waals surface area contributed by atoms with E-state index in [1.807, 2.05) is 0 Å². The lowest BCUT2D eigenvalue weighted by Crippen LogP contribution is -2.41. The van der Waals surface area contributed by atoms with Crippen LogP contribution in [0.3, 0.4) is 0 Å². The summed E-state index contributed by atoms with van der Waals surface area (Å²) in [6.07, 6.45) is 5.41. The van der Waals surface area contributed by atoms with Crippen LogP contribution >= 0.6 is 0 Å². The molecule has 0 radical (unpaired) electrons. The zero-order valence-corrected chi connectivity index (χ0v) is 10.6. The number of ether oxygens (including phenoxy) is 1. The van der Waals surface area contributed by atoms with Crippen LogP contribution in [0.4, 0.5) is 0 Å². The molecule has 1 aliphatic rings. The summed E-state index contributed by atoms with van der Waals surface area (Å²) in [5.74, 6) is 1.71. The normalized spacial score (nSPS) is 28.2. The summed E-state index contributed by atoms with van der Waals surface area (Å²) < 4.78 is 5.59. The molecule has 0 aromatic heterocycles. The van der Waals surface area contributed by atoms with Crippen LogP contribution in [0.15, 0.2) is 0 Å². The highest BCUT2D eigenvalue weighted by molar-refractivity contribution is 4.84. The minimum absolute atomic E-state index is 0.586. The summed E-state index contributed by atoms with van der Waals surface area (Å²) >= 11 is 0. The highest BCUT2D eigenvalue weighted by Gasteiger charge is 2.30. The van der Waals surface area contributed by atoms with Crippen molar-refractivity contribution in [2.24, 2.45) is 11.8 Å². The first-order valence-corrected chi connectivity index (χ1v) is 6.60. The summed E-state index contributed by atoms with van der Waals surface area (Å²) in [5, 5.41) is 3.65. The molecule has 90 valence electrons. The average molecular weight is 213 g/mol. The fourth-order valence-electron chi connectivity index (χ4n) is 2.68. The van der Waals surface area contributed by atoms with Gasteiger partial charge in [0, 0.05) is 12.6 Å². The lowest BCUT2D eigenvalue weighted by atomic mass is 9.90. The second-order valence-electron chi connectivity index (χ2n) is 4.79. The second-order valence-corrected chi connectivity index (χ2v) is 4.79. The van der Waals surface area contributed by atoms with Crippen molar-refractivity contribution in [1.82, 2.24) is 5.32 Å². The van der Waals surface area contributed by atoms with E-state index in [1.54, 1.807) is 0 Å². The Morgan fingerprint density at radius 1 is 1.33 bits per heavy atom. The van der Waals surface area contributed by atoms with E-state index >= 15 is 0 Å². The van der Waals surface area contributed by atoms with Gasteiger partial charge in [-0.05, 0) is 38.1 Å². The Bertz CT molecular complexity index is 153. The van der Waals surface area contributed by atoms with E-state index in [2.05, 4.69) is 26.1 Å². The highest BCUT2D eigenvalue weighted by Crippen LogP contribution is 2.33. The van der Waals surface area contributed by atoms with Gasteiger partial charge in [-0.15, -0.1) is 0 Å². The molecule has 0 aliphatic heterocycles. The van der Waals surface area contributed by atoms with Crippen LogP contribution in [0, 0.1) is 11.8 Å². The van der Waals surface area contributed by atoms with Crippen molar-refractivity contribution >= 4 is 0 Å². The predicted molar refractivity (Wildman–Crippen MR) is 65.1 cm³/mol. The molecular weight excluding hydrogens is 186 g/mol. The first kappa shape index (κ1) is 13.0. The minimum atomic E-state index is 0.586. The molecule has 0 amide bonds. The quantitative estimate of drug-likeness (QED) is 0.702. The van der Waals surface area contributed by atoms with E-state index in [9.17, 15) is 0 Å². The molecule has 0 saturated heterocycles. The number of rotatable bonds is 7. The van der Waals surface area contributed by atoms with Gasteiger partial charge in [-0.25, -0.2) is 0 Å². The Labute approximate surface area is 94.8 Å². The van der Waals surface area contributed by atoms with Gasteiger partial charge >= 0.3 is 0 Å². The third-order valence-electron chi connectivity index (χ3n) is 3.60. The van der Waals surface area contributed by atoms with Crippen molar-refractivity contribution in [3.05, 3.63) is 0 Å². The maximum absolute atomic E-state index is 5.59. The summed E-state index contributed by atoms with van der Waals surface area (Å²) in [4.78, 5) is 0. The van der Waals surface area contributed by atoms with Gasteiger partial charge in [0.05, 0.1) is 6.61 Å². The molecule has 1 rings (SSSR count). The molecule has 1 fully saturated rings. The van der Waals surface area contributed by atoms with E-state index in [4.69, 9.17) is 4.74 Å². The van der Waals surface area contributed by atoms with Crippen LogP contribution in [-0.4, -0.2) is 25.8 Å². The van der Waals surface area contributed by atoms with E-state index in [1.165, 1.54) is 25.7 Å². The zero-order chi connectivity index (χ0) is 11.1. The molecule has 0 bridgehead atoms. The maximum Gasteiger partial charge on any atom is 0.0622 e. The van der Waals surface area contributed by atoms with Gasteiger partial charge in [-0.1, -0.05) is 26.7 Å². The van der Waals surface area contributed by atoms with Gasteiger partial charge in [0.1, 0.15) is 0 Å². The Kier molecular flexibility index (Phi) is 6.26. The lowest BCUT2D eigenvalue weighted by molar-refractivity contribution is 0.0953. The molecule has 0 spiro atoms. The molecule has 0 aromatic carbocycles. The van der Waals surface area contributed by atoms with Crippen LogP contribution in [0.5, 0.6) is 0 Å². The van der Waals surface area contributed by atoms with Crippen LogP contribution in [-0.2, 0) is 4.74 Å². The lowest BCUT2D eigenvalue weighted by Gasteiger charge is -2.27. The third-order valence-corrected chi connectivity index (χ3v) is 3.60. The van der Waals surface area contributed by atoms with Crippen molar-refractivity contribution in [2.75, 3.05) is 19.8 Å². The standard InChI is InChI=1S/C13H27NO/c1-4-9-14-13(10-15-5-2)12-8-6-7-11(12)3/h11-14H,4-10H2,1-3H3. The molecule has 0 heterocycles. The monoisotopic (exact) mass is 213 g/mol. The molecule has 3 atom stereocenters. The third kappa shape index (κ3) is 4.12. The highest BCUT2D eigenvalue weighted by atomic mass is 16.5. The Balaban J connectivity index is 2.38. The largest absolute Gasteiger partial charge is 0.380 e. The maximum atomic E-state index is 5.59. The number of hydrogen-bond donors (Lipinski definition) is 1. The van der Waals surface area contributed by atoms with Gasteiger partial charge in [0.2, 0.25) is 0 Å². The van der Waals surface area contributed by atoms with E-state index in [0.29, 0.717) is 6.04 Å². The Hall–Kier alpha value is -0.0800. The number of nitrogens with one attached hydrogen (secondary N) is 1. The summed E-state index contributed by atoms with van der Waals surface area (Å²) in [5.41, 5.74) is 0. The first-order chi connectivity index (χ1) is 7.29.